The van der Waals surface area contributed by atoms with Crippen LogP contribution < -0.4 is 11.0 Å². The highest BCUT2D eigenvalue weighted by molar-refractivity contribution is 5.90. The molecule has 1 aromatic carbocycles. The van der Waals surface area contributed by atoms with E-state index in [1.54, 1.807) is 36.4 Å². The molecule has 0 bridgehead atoms. The first kappa shape index (κ1) is 12.9. The Labute approximate surface area is 119 Å². The van der Waals surface area contributed by atoms with Gasteiger partial charge in [-0.15, -0.1) is 5.10 Å². The Bertz CT molecular complexity index is 787. The Morgan fingerprint density at radius 3 is 2.76 bits per heavy atom. The second-order valence-corrected chi connectivity index (χ2v) is 4.29. The number of carbonyl (C=O) groups excluding carboxylic acids is 1. The van der Waals surface area contributed by atoms with Gasteiger partial charge < -0.3 is 9.73 Å². The SMILES string of the molecule is O=C(NCc1ccco1)c1nn(-c2ccccc2)c(=O)[nH]1. The molecular formula is C14H12N4O3. The van der Waals surface area contributed by atoms with Gasteiger partial charge in [-0.05, 0) is 24.3 Å². The van der Waals surface area contributed by atoms with Crippen LogP contribution in [0.3, 0.4) is 0 Å². The first-order chi connectivity index (χ1) is 10.2. The third-order valence-corrected chi connectivity index (χ3v) is 2.84. The molecule has 0 aliphatic rings. The summed E-state index contributed by atoms with van der Waals surface area (Å²) in [6.45, 7) is 0.228. The Morgan fingerprint density at radius 2 is 2.05 bits per heavy atom. The maximum atomic E-state index is 11.9. The number of nitrogens with one attached hydrogen (secondary N) is 2. The lowest BCUT2D eigenvalue weighted by atomic mass is 10.3. The number of benzene rings is 1. The van der Waals surface area contributed by atoms with Crippen molar-refractivity contribution in [2.24, 2.45) is 0 Å². The van der Waals surface area contributed by atoms with Crippen LogP contribution in [-0.4, -0.2) is 20.7 Å². The molecule has 3 rings (SSSR count). The molecule has 7 nitrogen and oxygen atoms in total. The van der Waals surface area contributed by atoms with Crippen LogP contribution in [0, 0.1) is 0 Å². The van der Waals surface area contributed by atoms with Crippen LogP contribution in [0.2, 0.25) is 0 Å². The van der Waals surface area contributed by atoms with Gasteiger partial charge in [0, 0.05) is 0 Å². The van der Waals surface area contributed by atoms with Crippen molar-refractivity contribution < 1.29 is 9.21 Å². The van der Waals surface area contributed by atoms with Crippen molar-refractivity contribution in [2.75, 3.05) is 0 Å². The summed E-state index contributed by atoms with van der Waals surface area (Å²) in [6, 6.07) is 12.3. The van der Waals surface area contributed by atoms with Crippen LogP contribution in [0.1, 0.15) is 16.4 Å². The van der Waals surface area contributed by atoms with E-state index in [1.807, 2.05) is 6.07 Å². The van der Waals surface area contributed by atoms with Gasteiger partial charge in [0.1, 0.15) is 5.76 Å². The Kier molecular flexibility index (Phi) is 3.38. The van der Waals surface area contributed by atoms with E-state index in [1.165, 1.54) is 6.26 Å². The smallest absolute Gasteiger partial charge is 0.348 e. The molecule has 2 N–H and O–H groups in total. The molecular weight excluding hydrogens is 272 g/mol. The van der Waals surface area contributed by atoms with Gasteiger partial charge in [0.15, 0.2) is 0 Å². The Hall–Kier alpha value is -3.09. The zero-order chi connectivity index (χ0) is 14.7. The first-order valence-corrected chi connectivity index (χ1v) is 6.29. The number of carbonyl (C=O) groups is 1. The average Bonchev–Trinajstić information content (AvgIpc) is 3.15. The molecule has 0 atom stereocenters. The zero-order valence-corrected chi connectivity index (χ0v) is 10.9. The number of rotatable bonds is 4. The van der Waals surface area contributed by atoms with E-state index >= 15 is 0 Å². The largest absolute Gasteiger partial charge is 0.467 e. The summed E-state index contributed by atoms with van der Waals surface area (Å²) in [5, 5.41) is 6.60. The summed E-state index contributed by atoms with van der Waals surface area (Å²) in [5.41, 5.74) is 0.119. The van der Waals surface area contributed by atoms with Gasteiger partial charge in [0.25, 0.3) is 5.91 Å². The molecule has 0 unspecified atom stereocenters. The minimum Gasteiger partial charge on any atom is -0.467 e. The van der Waals surface area contributed by atoms with Crippen LogP contribution >= 0.6 is 0 Å². The number of hydrogen-bond donors (Lipinski definition) is 2. The molecule has 1 amide bonds. The predicted octanol–water partition coefficient (Wildman–Crippen LogP) is 1.08. The minimum atomic E-state index is -0.474. The van der Waals surface area contributed by atoms with Gasteiger partial charge >= 0.3 is 5.69 Å². The van der Waals surface area contributed by atoms with Crippen molar-refractivity contribution in [2.45, 2.75) is 6.54 Å². The number of aromatic amines is 1. The zero-order valence-electron chi connectivity index (χ0n) is 10.9. The van der Waals surface area contributed by atoms with Gasteiger partial charge in [0.2, 0.25) is 5.82 Å². The van der Waals surface area contributed by atoms with Crippen molar-refractivity contribution in [3.63, 3.8) is 0 Å². The number of aromatic nitrogens is 3. The van der Waals surface area contributed by atoms with Crippen molar-refractivity contribution in [1.29, 1.82) is 0 Å². The Balaban J connectivity index is 1.77. The van der Waals surface area contributed by atoms with E-state index in [0.29, 0.717) is 11.4 Å². The molecule has 2 heterocycles. The van der Waals surface area contributed by atoms with Gasteiger partial charge in [-0.2, -0.15) is 4.68 Å². The van der Waals surface area contributed by atoms with E-state index in [2.05, 4.69) is 15.4 Å². The van der Waals surface area contributed by atoms with Crippen LogP contribution in [0.4, 0.5) is 0 Å². The van der Waals surface area contributed by atoms with E-state index in [-0.39, 0.29) is 12.4 Å². The van der Waals surface area contributed by atoms with E-state index in [4.69, 9.17) is 4.42 Å². The van der Waals surface area contributed by atoms with Crippen molar-refractivity contribution >= 4 is 5.91 Å². The summed E-state index contributed by atoms with van der Waals surface area (Å²) in [6.07, 6.45) is 1.52. The summed E-state index contributed by atoms with van der Waals surface area (Å²) >= 11 is 0. The molecule has 0 saturated carbocycles. The van der Waals surface area contributed by atoms with Crippen LogP contribution in [-0.2, 0) is 6.54 Å². The molecule has 2 aromatic heterocycles. The van der Waals surface area contributed by atoms with Gasteiger partial charge in [-0.25, -0.2) is 4.79 Å². The Morgan fingerprint density at radius 1 is 1.24 bits per heavy atom. The lowest BCUT2D eigenvalue weighted by molar-refractivity contribution is 0.0937. The average molecular weight is 284 g/mol. The fraction of sp³-hybridized carbons (Fsp3) is 0.0714. The third-order valence-electron chi connectivity index (χ3n) is 2.84. The van der Waals surface area contributed by atoms with Crippen LogP contribution in [0.5, 0.6) is 0 Å². The molecule has 0 aliphatic carbocycles. The van der Waals surface area contributed by atoms with Crippen LogP contribution in [0.15, 0.2) is 57.9 Å². The van der Waals surface area contributed by atoms with Crippen molar-refractivity contribution in [1.82, 2.24) is 20.1 Å². The number of furan rings is 1. The number of H-pyrrole nitrogens is 1. The maximum absolute atomic E-state index is 11.9. The van der Waals surface area contributed by atoms with E-state index in [9.17, 15) is 9.59 Å². The van der Waals surface area contributed by atoms with Gasteiger partial charge in [0.05, 0.1) is 18.5 Å². The molecule has 3 aromatic rings. The highest BCUT2D eigenvalue weighted by atomic mass is 16.3. The second-order valence-electron chi connectivity index (χ2n) is 4.29. The number of amides is 1. The van der Waals surface area contributed by atoms with E-state index in [0.717, 1.165) is 4.68 Å². The second kappa shape index (κ2) is 5.49. The molecule has 0 saturated heterocycles. The minimum absolute atomic E-state index is 0.0459. The summed E-state index contributed by atoms with van der Waals surface area (Å²) in [7, 11) is 0. The van der Waals surface area contributed by atoms with E-state index < -0.39 is 11.6 Å². The number of nitrogens with zero attached hydrogens (tertiary/aromatic N) is 2. The molecule has 106 valence electrons. The summed E-state index contributed by atoms with van der Waals surface area (Å²) in [5.74, 6) is 0.0989. The molecule has 0 radical (unpaired) electrons. The van der Waals surface area contributed by atoms with Gasteiger partial charge in [-0.1, -0.05) is 18.2 Å². The first-order valence-electron chi connectivity index (χ1n) is 6.29. The molecule has 21 heavy (non-hydrogen) atoms. The highest BCUT2D eigenvalue weighted by Crippen LogP contribution is 2.02. The van der Waals surface area contributed by atoms with Gasteiger partial charge in [-0.3, -0.25) is 9.78 Å². The summed E-state index contributed by atoms with van der Waals surface area (Å²) in [4.78, 5) is 26.2. The molecule has 0 aliphatic heterocycles. The maximum Gasteiger partial charge on any atom is 0.348 e. The lowest BCUT2D eigenvalue weighted by Gasteiger charge is -1.99. The monoisotopic (exact) mass is 284 g/mol. The molecule has 7 heteroatoms. The van der Waals surface area contributed by atoms with Crippen molar-refractivity contribution in [3.05, 3.63) is 70.8 Å². The standard InChI is InChI=1S/C14H12N4O3/c19-13(15-9-11-7-4-8-21-11)12-16-14(20)18(17-12)10-5-2-1-3-6-10/h1-8H,9H2,(H,15,19)(H,16,17,20). The molecule has 0 spiro atoms. The fourth-order valence-electron chi connectivity index (χ4n) is 1.84. The normalized spacial score (nSPS) is 10.5. The lowest BCUT2D eigenvalue weighted by Crippen LogP contribution is -2.24. The topological polar surface area (TPSA) is 92.9 Å². The van der Waals surface area contributed by atoms with Crippen molar-refractivity contribution in [3.8, 4) is 5.69 Å². The third kappa shape index (κ3) is 2.76. The predicted molar refractivity (Wildman–Crippen MR) is 74.1 cm³/mol. The highest BCUT2D eigenvalue weighted by Gasteiger charge is 2.14. The quantitative estimate of drug-likeness (QED) is 0.749. The molecule has 0 fully saturated rings. The summed E-state index contributed by atoms with van der Waals surface area (Å²) < 4.78 is 6.25. The van der Waals surface area contributed by atoms with Crippen LogP contribution in [0.25, 0.3) is 5.69 Å². The number of para-hydroxylation sites is 1. The number of hydrogen-bond acceptors (Lipinski definition) is 4. The fourth-order valence-corrected chi connectivity index (χ4v) is 1.84.